The van der Waals surface area contributed by atoms with E-state index < -0.39 is 6.43 Å². The summed E-state index contributed by atoms with van der Waals surface area (Å²) in [6.07, 6.45) is 1.35. The second-order valence-electron chi connectivity index (χ2n) is 3.75. The predicted molar refractivity (Wildman–Crippen MR) is 72.9 cm³/mol. The molecule has 0 bridgehead atoms. The van der Waals surface area contributed by atoms with E-state index in [1.54, 1.807) is 0 Å². The molecular weight excluding hydrogens is 298 g/mol. The van der Waals surface area contributed by atoms with Gasteiger partial charge in [-0.3, -0.25) is 4.79 Å². The van der Waals surface area contributed by atoms with Gasteiger partial charge in [-0.15, -0.1) is 22.6 Å². The average Bonchev–Trinajstić information content (AvgIpc) is 2.77. The van der Waals surface area contributed by atoms with Gasteiger partial charge < -0.3 is 11.1 Å². The highest BCUT2D eigenvalue weighted by Crippen LogP contribution is 2.25. The summed E-state index contributed by atoms with van der Waals surface area (Å²) in [4.78, 5) is 11.4. The summed E-state index contributed by atoms with van der Waals surface area (Å²) in [5.74, 6) is -0.222. The van der Waals surface area contributed by atoms with Gasteiger partial charge in [-0.2, -0.15) is 0 Å². The molecule has 1 aromatic rings. The first-order chi connectivity index (χ1) is 8.63. The predicted octanol–water partition coefficient (Wildman–Crippen LogP) is 2.75. The normalized spacial score (nSPS) is 10.3. The Morgan fingerprint density at radius 1 is 1.26 bits per heavy atom. The number of amides is 1. The number of carbonyl (C=O) groups excluding carboxylic acids is 1. The number of alkyl halides is 2. The van der Waals surface area contributed by atoms with Crippen LogP contribution in [0.4, 0.5) is 13.9 Å². The minimum atomic E-state index is -2.65. The Bertz CT molecular complexity index is 378. The van der Waals surface area contributed by atoms with Crippen molar-refractivity contribution in [3.05, 3.63) is 5.01 Å². The fourth-order valence-electron chi connectivity index (χ4n) is 1.34. The van der Waals surface area contributed by atoms with Crippen LogP contribution in [0.1, 0.15) is 43.5 Å². The van der Waals surface area contributed by atoms with Gasteiger partial charge in [0.05, 0.1) is 0 Å². The highest BCUT2D eigenvalue weighted by molar-refractivity contribution is 7.15. The maximum atomic E-state index is 12.2. The minimum Gasteiger partial charge on any atom is -0.330 e. The number of nitrogens with zero attached hydrogens (tertiary/aromatic N) is 2. The zero-order chi connectivity index (χ0) is 13.4. The lowest BCUT2D eigenvalue weighted by Crippen LogP contribution is -2.10. The van der Waals surface area contributed by atoms with E-state index in [9.17, 15) is 13.6 Å². The van der Waals surface area contributed by atoms with Crippen molar-refractivity contribution >= 4 is 34.8 Å². The number of rotatable bonds is 8. The Balaban J connectivity index is 0.00000324. The highest BCUT2D eigenvalue weighted by Gasteiger charge is 2.14. The molecule has 5 nitrogen and oxygen atoms in total. The van der Waals surface area contributed by atoms with Crippen molar-refractivity contribution in [2.24, 2.45) is 5.73 Å². The van der Waals surface area contributed by atoms with E-state index >= 15 is 0 Å². The largest absolute Gasteiger partial charge is 0.330 e. The van der Waals surface area contributed by atoms with Crippen molar-refractivity contribution in [3.8, 4) is 0 Å². The number of hydrogen-bond acceptors (Lipinski definition) is 5. The summed E-state index contributed by atoms with van der Waals surface area (Å²) in [6, 6.07) is 0. The van der Waals surface area contributed by atoms with Crippen LogP contribution in [-0.4, -0.2) is 22.6 Å². The van der Waals surface area contributed by atoms with Gasteiger partial charge in [0.25, 0.3) is 6.43 Å². The second kappa shape index (κ2) is 9.99. The Morgan fingerprint density at radius 3 is 2.53 bits per heavy atom. The molecule has 0 radical (unpaired) electrons. The fraction of sp³-hybridized carbons (Fsp3) is 0.700. The lowest BCUT2D eigenvalue weighted by molar-refractivity contribution is -0.116. The van der Waals surface area contributed by atoms with E-state index in [0.29, 0.717) is 24.3 Å². The van der Waals surface area contributed by atoms with Crippen LogP contribution in [-0.2, 0) is 4.79 Å². The Kier molecular flexibility index (Phi) is 9.54. The SMILES string of the molecule is Cl.NCCCCCCC(=O)Nc1nnc(C(F)F)s1. The van der Waals surface area contributed by atoms with Gasteiger partial charge in [0.15, 0.2) is 5.01 Å². The van der Waals surface area contributed by atoms with Crippen molar-refractivity contribution < 1.29 is 13.6 Å². The molecule has 9 heteroatoms. The third kappa shape index (κ3) is 7.34. The number of unbranched alkanes of at least 4 members (excludes halogenated alkanes) is 3. The van der Waals surface area contributed by atoms with Gasteiger partial charge in [0, 0.05) is 6.42 Å². The van der Waals surface area contributed by atoms with Crippen LogP contribution >= 0.6 is 23.7 Å². The monoisotopic (exact) mass is 314 g/mol. The second-order valence-corrected chi connectivity index (χ2v) is 4.76. The average molecular weight is 315 g/mol. The summed E-state index contributed by atoms with van der Waals surface area (Å²) in [6.45, 7) is 0.660. The molecule has 1 rings (SSSR count). The van der Waals surface area contributed by atoms with Crippen LogP contribution in [0, 0.1) is 0 Å². The summed E-state index contributed by atoms with van der Waals surface area (Å²) < 4.78 is 24.4. The lowest BCUT2D eigenvalue weighted by Gasteiger charge is -2.00. The van der Waals surface area contributed by atoms with Crippen molar-refractivity contribution in [2.45, 2.75) is 38.5 Å². The molecule has 1 aromatic heterocycles. The van der Waals surface area contributed by atoms with Crippen molar-refractivity contribution in [3.63, 3.8) is 0 Å². The van der Waals surface area contributed by atoms with Crippen LogP contribution in [0.3, 0.4) is 0 Å². The Morgan fingerprint density at radius 2 is 1.95 bits per heavy atom. The molecule has 0 atom stereocenters. The van der Waals surface area contributed by atoms with Crippen molar-refractivity contribution in [1.29, 1.82) is 0 Å². The van der Waals surface area contributed by atoms with E-state index in [2.05, 4.69) is 15.5 Å². The van der Waals surface area contributed by atoms with Gasteiger partial charge >= 0.3 is 0 Å². The number of halogens is 3. The summed E-state index contributed by atoms with van der Waals surface area (Å²) in [5.41, 5.74) is 5.35. The number of carbonyl (C=O) groups is 1. The molecule has 0 spiro atoms. The molecule has 0 aliphatic carbocycles. The van der Waals surface area contributed by atoms with Crippen LogP contribution < -0.4 is 11.1 Å². The van der Waals surface area contributed by atoms with Crippen molar-refractivity contribution in [2.75, 3.05) is 11.9 Å². The van der Waals surface area contributed by atoms with Crippen LogP contribution in [0.25, 0.3) is 0 Å². The van der Waals surface area contributed by atoms with E-state index in [0.717, 1.165) is 25.7 Å². The Hall–Kier alpha value is -0.860. The van der Waals surface area contributed by atoms with Crippen molar-refractivity contribution in [1.82, 2.24) is 10.2 Å². The maximum absolute atomic E-state index is 12.2. The van der Waals surface area contributed by atoms with Crippen LogP contribution in [0.2, 0.25) is 0 Å². The standard InChI is InChI=1S/C10H16F2N4OS.ClH/c11-8(12)9-15-16-10(18-9)14-7(17)5-3-1-2-4-6-13;/h8H,1-6,13H2,(H,14,16,17);1H. The third-order valence-electron chi connectivity index (χ3n) is 2.23. The number of anilines is 1. The van der Waals surface area contributed by atoms with E-state index in [4.69, 9.17) is 5.73 Å². The quantitative estimate of drug-likeness (QED) is 0.723. The third-order valence-corrected chi connectivity index (χ3v) is 3.08. The molecule has 19 heavy (non-hydrogen) atoms. The van der Waals surface area contributed by atoms with E-state index in [1.807, 2.05) is 0 Å². The summed E-state index contributed by atoms with van der Waals surface area (Å²) in [7, 11) is 0. The van der Waals surface area contributed by atoms with Gasteiger partial charge in [-0.1, -0.05) is 24.2 Å². The summed E-state index contributed by atoms with van der Waals surface area (Å²) in [5, 5.41) is 8.95. The number of nitrogens with two attached hydrogens (primary N) is 1. The number of hydrogen-bond donors (Lipinski definition) is 2. The zero-order valence-corrected chi connectivity index (χ0v) is 11.9. The molecular formula is C10H17ClF2N4OS. The molecule has 0 saturated carbocycles. The topological polar surface area (TPSA) is 80.9 Å². The van der Waals surface area contributed by atoms with Gasteiger partial charge in [-0.05, 0) is 19.4 Å². The van der Waals surface area contributed by atoms with Gasteiger partial charge in [0.2, 0.25) is 11.0 Å². The first kappa shape index (κ1) is 18.1. The molecule has 0 unspecified atom stereocenters. The smallest absolute Gasteiger partial charge is 0.291 e. The molecule has 1 heterocycles. The first-order valence-corrected chi connectivity index (χ1v) is 6.56. The molecule has 0 aromatic carbocycles. The fourth-order valence-corrected chi connectivity index (χ4v) is 1.95. The zero-order valence-electron chi connectivity index (χ0n) is 10.3. The molecule has 0 fully saturated rings. The number of aromatic nitrogens is 2. The van der Waals surface area contributed by atoms with Crippen LogP contribution in [0.15, 0.2) is 0 Å². The molecule has 0 aliphatic rings. The first-order valence-electron chi connectivity index (χ1n) is 5.75. The molecule has 3 N–H and O–H groups in total. The van der Waals surface area contributed by atoms with Gasteiger partial charge in [-0.25, -0.2) is 8.78 Å². The maximum Gasteiger partial charge on any atom is 0.291 e. The van der Waals surface area contributed by atoms with E-state index in [-0.39, 0.29) is 28.5 Å². The summed E-state index contributed by atoms with van der Waals surface area (Å²) >= 11 is 0.696. The van der Waals surface area contributed by atoms with Gasteiger partial charge in [0.1, 0.15) is 0 Å². The Labute approximate surface area is 120 Å². The number of nitrogens with one attached hydrogen (secondary N) is 1. The highest BCUT2D eigenvalue weighted by atomic mass is 35.5. The molecule has 1 amide bonds. The molecule has 0 saturated heterocycles. The van der Waals surface area contributed by atoms with E-state index in [1.165, 1.54) is 0 Å². The molecule has 110 valence electrons. The lowest BCUT2D eigenvalue weighted by atomic mass is 10.1. The minimum absolute atomic E-state index is 0. The molecule has 0 aliphatic heterocycles. The van der Waals surface area contributed by atoms with Crippen LogP contribution in [0.5, 0.6) is 0 Å².